The van der Waals surface area contributed by atoms with Crippen LogP contribution in [0.15, 0.2) is 68.7 Å². The van der Waals surface area contributed by atoms with E-state index < -0.39 is 0 Å². The molecule has 0 unspecified atom stereocenters. The van der Waals surface area contributed by atoms with Crippen molar-refractivity contribution in [3.05, 3.63) is 68.7 Å². The van der Waals surface area contributed by atoms with Gasteiger partial charge in [0, 0.05) is 25.8 Å². The maximum absolute atomic E-state index is 2.04. The second kappa shape index (κ2) is 13.0. The predicted octanol–water partition coefficient (Wildman–Crippen LogP) is 4.86. The minimum atomic E-state index is 0. The molecule has 0 aromatic carbocycles. The van der Waals surface area contributed by atoms with Crippen LogP contribution in [0, 0.1) is 0 Å². The van der Waals surface area contributed by atoms with E-state index >= 15 is 0 Å². The van der Waals surface area contributed by atoms with E-state index in [1.165, 1.54) is 0 Å². The minimum Gasteiger partial charge on any atom is -0.152 e. The number of rotatable bonds is 0. The van der Waals surface area contributed by atoms with Crippen molar-refractivity contribution in [1.82, 2.24) is 0 Å². The first-order chi connectivity index (χ1) is 7.50. The van der Waals surface area contributed by atoms with Gasteiger partial charge in [-0.3, -0.25) is 0 Å². The van der Waals surface area contributed by atoms with E-state index in [2.05, 4.69) is 0 Å². The third-order valence-corrected chi connectivity index (χ3v) is 3.16. The van der Waals surface area contributed by atoms with Crippen LogP contribution in [-0.2, 0) is 0 Å². The van der Waals surface area contributed by atoms with Crippen molar-refractivity contribution >= 4 is 59.9 Å². The molecule has 81 valence electrons. The molecule has 16 heavy (non-hydrogen) atoms. The minimum absolute atomic E-state index is 0. The van der Waals surface area contributed by atoms with E-state index in [0.29, 0.717) is 0 Å². The van der Waals surface area contributed by atoms with Gasteiger partial charge in [0.2, 0.25) is 0 Å². The molecule has 0 N–H and O–H groups in total. The fraction of sp³-hybridized carbons (Fsp3) is 0. The van der Waals surface area contributed by atoms with Crippen LogP contribution in [-0.4, -0.2) is 25.8 Å². The summed E-state index contributed by atoms with van der Waals surface area (Å²) in [4.78, 5) is 0. The Labute approximate surface area is 127 Å². The fourth-order valence-corrected chi connectivity index (χ4v) is 2.04. The predicted molar refractivity (Wildman–Crippen MR) is 78.7 cm³/mol. The van der Waals surface area contributed by atoms with Gasteiger partial charge in [0.05, 0.1) is 0 Å². The molecule has 3 rings (SSSR count). The van der Waals surface area contributed by atoms with Crippen LogP contribution >= 0.6 is 34.0 Å². The van der Waals surface area contributed by atoms with Crippen LogP contribution in [0.4, 0.5) is 0 Å². The van der Waals surface area contributed by atoms with E-state index in [1.807, 2.05) is 68.7 Å². The molecular formula is C12H12InS3. The normalized spacial score (nSPS) is 7.50. The zero-order valence-corrected chi connectivity index (χ0v) is 14.5. The van der Waals surface area contributed by atoms with Crippen LogP contribution in [0.5, 0.6) is 0 Å². The Morgan fingerprint density at radius 1 is 0.375 bits per heavy atom. The van der Waals surface area contributed by atoms with Gasteiger partial charge in [-0.2, -0.15) is 34.0 Å². The van der Waals surface area contributed by atoms with Gasteiger partial charge < -0.3 is 0 Å². The first-order valence-electron chi connectivity index (χ1n) is 4.41. The van der Waals surface area contributed by atoms with Gasteiger partial charge >= 0.3 is 0 Å². The summed E-state index contributed by atoms with van der Waals surface area (Å²) in [6.07, 6.45) is 0. The maximum Gasteiger partial charge on any atom is 0 e. The Balaban J connectivity index is 0.000000205. The third-order valence-electron chi connectivity index (χ3n) is 1.28. The summed E-state index contributed by atoms with van der Waals surface area (Å²) >= 11 is 5.14. The quantitative estimate of drug-likeness (QED) is 0.532. The molecule has 0 bridgehead atoms. The molecule has 0 atom stereocenters. The molecule has 0 saturated heterocycles. The number of hydrogen-bond donors (Lipinski definition) is 0. The molecule has 0 aliphatic heterocycles. The second-order valence-electron chi connectivity index (χ2n) is 2.38. The molecule has 0 aliphatic rings. The van der Waals surface area contributed by atoms with Crippen molar-refractivity contribution in [2.45, 2.75) is 0 Å². The standard InChI is InChI=1S/3C4H4S.In/c3*1-2-4-5-3-1;/h3*1-4H;. The van der Waals surface area contributed by atoms with Gasteiger partial charge in [0.25, 0.3) is 0 Å². The summed E-state index contributed by atoms with van der Waals surface area (Å²) in [6.45, 7) is 0. The van der Waals surface area contributed by atoms with Crippen LogP contribution in [0.25, 0.3) is 0 Å². The molecule has 0 nitrogen and oxygen atoms in total. The zero-order chi connectivity index (χ0) is 10.6. The molecule has 0 saturated carbocycles. The monoisotopic (exact) mass is 367 g/mol. The summed E-state index contributed by atoms with van der Waals surface area (Å²) in [6, 6.07) is 12.1. The number of hydrogen-bond acceptors (Lipinski definition) is 3. The first kappa shape index (κ1) is 16.0. The van der Waals surface area contributed by atoms with Crippen LogP contribution in [0.2, 0.25) is 0 Å². The summed E-state index contributed by atoms with van der Waals surface area (Å²) in [7, 11) is 0. The van der Waals surface area contributed by atoms with Crippen molar-refractivity contribution < 1.29 is 0 Å². The zero-order valence-electron chi connectivity index (χ0n) is 8.73. The van der Waals surface area contributed by atoms with Gasteiger partial charge in [-0.05, 0) is 32.3 Å². The largest absolute Gasteiger partial charge is 0.152 e. The van der Waals surface area contributed by atoms with E-state index in [4.69, 9.17) is 0 Å². The second-order valence-corrected chi connectivity index (χ2v) is 4.83. The van der Waals surface area contributed by atoms with Crippen molar-refractivity contribution in [2.24, 2.45) is 0 Å². The Morgan fingerprint density at radius 3 is 0.625 bits per heavy atom. The Kier molecular flexibility index (Phi) is 13.0. The van der Waals surface area contributed by atoms with E-state index in [-0.39, 0.29) is 25.8 Å². The average Bonchev–Trinajstić information content (AvgIpc) is 3.09. The van der Waals surface area contributed by atoms with Crippen LogP contribution in [0.1, 0.15) is 0 Å². The molecule has 0 spiro atoms. The number of thiophene rings is 3. The van der Waals surface area contributed by atoms with Crippen molar-refractivity contribution in [1.29, 1.82) is 0 Å². The Bertz CT molecular complexity index is 248. The third kappa shape index (κ3) is 10.5. The smallest absolute Gasteiger partial charge is 0 e. The molecule has 3 aromatic rings. The Hall–Kier alpha value is -0.0299. The van der Waals surface area contributed by atoms with Gasteiger partial charge in [-0.15, -0.1) is 0 Å². The summed E-state index contributed by atoms with van der Waals surface area (Å²) < 4.78 is 0. The Morgan fingerprint density at radius 2 is 0.562 bits per heavy atom. The molecular weight excluding hydrogens is 355 g/mol. The SMILES string of the molecule is [In].c1ccsc1.c1ccsc1.c1ccsc1. The molecule has 0 aliphatic carbocycles. The fourth-order valence-electron chi connectivity index (χ4n) is 0.680. The van der Waals surface area contributed by atoms with Gasteiger partial charge in [0.15, 0.2) is 0 Å². The van der Waals surface area contributed by atoms with Crippen LogP contribution in [0.3, 0.4) is 0 Å². The van der Waals surface area contributed by atoms with Crippen molar-refractivity contribution in [3.8, 4) is 0 Å². The molecule has 3 heterocycles. The van der Waals surface area contributed by atoms with E-state index in [0.717, 1.165) is 0 Å². The molecule has 0 amide bonds. The van der Waals surface area contributed by atoms with Crippen molar-refractivity contribution in [3.63, 3.8) is 0 Å². The van der Waals surface area contributed by atoms with Gasteiger partial charge in [0.1, 0.15) is 0 Å². The molecule has 0 fully saturated rings. The van der Waals surface area contributed by atoms with E-state index in [9.17, 15) is 0 Å². The van der Waals surface area contributed by atoms with Gasteiger partial charge in [-0.25, -0.2) is 0 Å². The summed E-state index contributed by atoms with van der Waals surface area (Å²) in [5.41, 5.74) is 0. The summed E-state index contributed by atoms with van der Waals surface area (Å²) in [5, 5.41) is 12.2. The average molecular weight is 367 g/mol. The molecule has 3 radical (unpaired) electrons. The van der Waals surface area contributed by atoms with Crippen LogP contribution < -0.4 is 0 Å². The molecule has 4 heteroatoms. The summed E-state index contributed by atoms with van der Waals surface area (Å²) in [5.74, 6) is 0. The van der Waals surface area contributed by atoms with E-state index in [1.54, 1.807) is 34.0 Å². The van der Waals surface area contributed by atoms with Crippen molar-refractivity contribution in [2.75, 3.05) is 0 Å². The maximum atomic E-state index is 2.04. The van der Waals surface area contributed by atoms with Gasteiger partial charge in [-0.1, -0.05) is 36.4 Å². The first-order valence-corrected chi connectivity index (χ1v) is 7.24. The molecule has 3 aromatic heterocycles. The topological polar surface area (TPSA) is 0 Å².